The first-order valence-corrected chi connectivity index (χ1v) is 5.83. The van der Waals surface area contributed by atoms with Crippen molar-refractivity contribution in [3.05, 3.63) is 12.2 Å². The fraction of sp³-hybridized carbons (Fsp3) is 0.750. The Hall–Kier alpha value is -0.630. The Morgan fingerprint density at radius 3 is 2.93 bits per heavy atom. The van der Waals surface area contributed by atoms with Crippen LogP contribution in [0.25, 0.3) is 0 Å². The molecule has 0 spiro atoms. The van der Waals surface area contributed by atoms with Gasteiger partial charge in [-0.1, -0.05) is 25.5 Å². The van der Waals surface area contributed by atoms with Crippen molar-refractivity contribution >= 4 is 6.21 Å². The SMILES string of the molecule is CCC/C=C/CCCCC1N=CCN1. The molecule has 1 aliphatic rings. The summed E-state index contributed by atoms with van der Waals surface area (Å²) in [6.07, 6.45) is 14.5. The van der Waals surface area contributed by atoms with Gasteiger partial charge in [0.15, 0.2) is 0 Å². The summed E-state index contributed by atoms with van der Waals surface area (Å²) in [5, 5.41) is 3.33. The lowest BCUT2D eigenvalue weighted by molar-refractivity contribution is 0.524. The summed E-state index contributed by atoms with van der Waals surface area (Å²) in [7, 11) is 0. The lowest BCUT2D eigenvalue weighted by atomic mass is 10.1. The summed E-state index contributed by atoms with van der Waals surface area (Å²) in [5.41, 5.74) is 0. The van der Waals surface area contributed by atoms with Gasteiger partial charge >= 0.3 is 0 Å². The van der Waals surface area contributed by atoms with Crippen LogP contribution in [0.4, 0.5) is 0 Å². The van der Waals surface area contributed by atoms with E-state index in [0.717, 1.165) is 6.54 Å². The van der Waals surface area contributed by atoms with Crippen molar-refractivity contribution < 1.29 is 0 Å². The largest absolute Gasteiger partial charge is 0.291 e. The van der Waals surface area contributed by atoms with Gasteiger partial charge in [-0.2, -0.15) is 0 Å². The van der Waals surface area contributed by atoms with E-state index in [0.29, 0.717) is 6.17 Å². The van der Waals surface area contributed by atoms with Crippen molar-refractivity contribution in [3.63, 3.8) is 0 Å². The van der Waals surface area contributed by atoms with E-state index in [1.165, 1.54) is 38.5 Å². The maximum atomic E-state index is 4.33. The lowest BCUT2D eigenvalue weighted by Crippen LogP contribution is -2.21. The minimum absolute atomic E-state index is 0.412. The number of hydrogen-bond acceptors (Lipinski definition) is 2. The average molecular weight is 194 g/mol. The number of allylic oxidation sites excluding steroid dienone is 2. The van der Waals surface area contributed by atoms with E-state index in [2.05, 4.69) is 29.4 Å². The highest BCUT2D eigenvalue weighted by atomic mass is 15.1. The molecule has 1 atom stereocenters. The lowest BCUT2D eigenvalue weighted by Gasteiger charge is -2.06. The maximum Gasteiger partial charge on any atom is 0.0993 e. The predicted octanol–water partition coefficient (Wildman–Crippen LogP) is 2.90. The molecule has 0 aliphatic carbocycles. The summed E-state index contributed by atoms with van der Waals surface area (Å²) in [5.74, 6) is 0. The Balaban J connectivity index is 1.86. The second-order valence-electron chi connectivity index (χ2n) is 3.80. The van der Waals surface area contributed by atoms with Crippen LogP contribution >= 0.6 is 0 Å². The van der Waals surface area contributed by atoms with Crippen LogP contribution in [0, 0.1) is 0 Å². The van der Waals surface area contributed by atoms with Crippen molar-refractivity contribution in [1.29, 1.82) is 0 Å². The Labute approximate surface area is 87.5 Å². The number of unbranched alkanes of at least 4 members (excludes halogenated alkanes) is 3. The molecule has 0 amide bonds. The number of rotatable bonds is 7. The van der Waals surface area contributed by atoms with Gasteiger partial charge in [0.25, 0.3) is 0 Å². The van der Waals surface area contributed by atoms with Gasteiger partial charge in [0, 0.05) is 12.8 Å². The van der Waals surface area contributed by atoms with Crippen LogP contribution in [0.3, 0.4) is 0 Å². The topological polar surface area (TPSA) is 24.4 Å². The van der Waals surface area contributed by atoms with Gasteiger partial charge in [-0.3, -0.25) is 10.3 Å². The Kier molecular flexibility index (Phi) is 6.33. The quantitative estimate of drug-likeness (QED) is 0.489. The van der Waals surface area contributed by atoms with Crippen LogP contribution in [0.15, 0.2) is 17.1 Å². The molecule has 0 saturated carbocycles. The van der Waals surface area contributed by atoms with E-state index in [9.17, 15) is 0 Å². The number of nitrogens with one attached hydrogen (secondary N) is 1. The summed E-state index contributed by atoms with van der Waals surface area (Å²) < 4.78 is 0. The van der Waals surface area contributed by atoms with E-state index < -0.39 is 0 Å². The molecule has 0 radical (unpaired) electrons. The highest BCUT2D eigenvalue weighted by Gasteiger charge is 2.07. The van der Waals surface area contributed by atoms with Crippen molar-refractivity contribution in [3.8, 4) is 0 Å². The molecule has 80 valence electrons. The summed E-state index contributed by atoms with van der Waals surface area (Å²) in [4.78, 5) is 4.33. The summed E-state index contributed by atoms with van der Waals surface area (Å²) in [6, 6.07) is 0. The zero-order valence-corrected chi connectivity index (χ0v) is 9.21. The second kappa shape index (κ2) is 7.74. The predicted molar refractivity (Wildman–Crippen MR) is 62.8 cm³/mol. The first-order chi connectivity index (χ1) is 6.93. The zero-order valence-electron chi connectivity index (χ0n) is 9.21. The van der Waals surface area contributed by atoms with Crippen LogP contribution < -0.4 is 5.32 Å². The van der Waals surface area contributed by atoms with Gasteiger partial charge in [0.2, 0.25) is 0 Å². The van der Waals surface area contributed by atoms with E-state index in [-0.39, 0.29) is 0 Å². The van der Waals surface area contributed by atoms with Gasteiger partial charge in [-0.05, 0) is 32.1 Å². The molecule has 1 N–H and O–H groups in total. The fourth-order valence-corrected chi connectivity index (χ4v) is 1.60. The molecule has 0 fully saturated rings. The van der Waals surface area contributed by atoms with E-state index in [4.69, 9.17) is 0 Å². The normalized spacial score (nSPS) is 21.1. The van der Waals surface area contributed by atoms with Crippen LogP contribution in [0.2, 0.25) is 0 Å². The van der Waals surface area contributed by atoms with Crippen LogP contribution in [0.5, 0.6) is 0 Å². The molecular weight excluding hydrogens is 172 g/mol. The number of nitrogens with zero attached hydrogens (tertiary/aromatic N) is 1. The molecule has 1 aliphatic heterocycles. The minimum atomic E-state index is 0.412. The van der Waals surface area contributed by atoms with Crippen molar-refractivity contribution in [2.45, 2.75) is 51.6 Å². The van der Waals surface area contributed by atoms with Crippen LogP contribution in [-0.2, 0) is 0 Å². The molecule has 0 aromatic carbocycles. The van der Waals surface area contributed by atoms with Crippen molar-refractivity contribution in [1.82, 2.24) is 5.32 Å². The fourth-order valence-electron chi connectivity index (χ4n) is 1.60. The van der Waals surface area contributed by atoms with Crippen molar-refractivity contribution in [2.24, 2.45) is 4.99 Å². The molecule has 0 saturated heterocycles. The summed E-state index contributed by atoms with van der Waals surface area (Å²) >= 11 is 0. The Bertz CT molecular complexity index is 185. The highest BCUT2D eigenvalue weighted by Crippen LogP contribution is 2.07. The average Bonchev–Trinajstić information content (AvgIpc) is 2.69. The first kappa shape index (κ1) is 11.4. The monoisotopic (exact) mass is 194 g/mol. The second-order valence-corrected chi connectivity index (χ2v) is 3.80. The van der Waals surface area contributed by atoms with Gasteiger partial charge in [-0.25, -0.2) is 0 Å². The molecule has 1 rings (SSSR count). The maximum absolute atomic E-state index is 4.33. The van der Waals surface area contributed by atoms with Gasteiger partial charge in [0.05, 0.1) is 6.17 Å². The third-order valence-corrected chi connectivity index (χ3v) is 2.45. The standard InChI is InChI=1S/C12H22N2/c1-2-3-4-5-6-7-8-9-12-13-10-11-14-12/h4-5,10,12,14H,2-3,6-9,11H2,1H3/b5-4+. The van der Waals surface area contributed by atoms with Gasteiger partial charge in [-0.15, -0.1) is 0 Å². The molecule has 0 aromatic rings. The highest BCUT2D eigenvalue weighted by molar-refractivity contribution is 5.61. The summed E-state index contributed by atoms with van der Waals surface area (Å²) in [6.45, 7) is 3.18. The van der Waals surface area contributed by atoms with Crippen LogP contribution in [-0.4, -0.2) is 18.9 Å². The first-order valence-electron chi connectivity index (χ1n) is 5.83. The molecule has 14 heavy (non-hydrogen) atoms. The number of hydrogen-bond donors (Lipinski definition) is 1. The molecular formula is C12H22N2. The van der Waals surface area contributed by atoms with E-state index in [1.807, 2.05) is 6.21 Å². The number of aliphatic imine (C=N–C) groups is 1. The molecule has 2 heteroatoms. The van der Waals surface area contributed by atoms with Crippen molar-refractivity contribution in [2.75, 3.05) is 6.54 Å². The molecule has 1 unspecified atom stereocenters. The molecule has 0 bridgehead atoms. The zero-order chi connectivity index (χ0) is 10.1. The molecule has 1 heterocycles. The third-order valence-electron chi connectivity index (χ3n) is 2.45. The van der Waals surface area contributed by atoms with Gasteiger partial charge in [0.1, 0.15) is 0 Å². The van der Waals surface area contributed by atoms with Gasteiger partial charge < -0.3 is 0 Å². The third kappa shape index (κ3) is 5.18. The van der Waals surface area contributed by atoms with E-state index in [1.54, 1.807) is 0 Å². The smallest absolute Gasteiger partial charge is 0.0993 e. The molecule has 0 aromatic heterocycles. The Morgan fingerprint density at radius 1 is 1.36 bits per heavy atom. The van der Waals surface area contributed by atoms with Crippen LogP contribution in [0.1, 0.15) is 45.4 Å². The minimum Gasteiger partial charge on any atom is -0.291 e. The van der Waals surface area contributed by atoms with E-state index >= 15 is 0 Å². The Morgan fingerprint density at radius 2 is 2.21 bits per heavy atom. The molecule has 2 nitrogen and oxygen atoms in total.